The van der Waals surface area contributed by atoms with Crippen molar-refractivity contribution in [2.45, 2.75) is 70.4 Å². The standard InChI is InChI=1S/C19H26N2O5/c1-2-16(10-11-19(23)20-15-6-4-3-5-7-15)26-17-9-8-14(13-22)18(12-17)21(24)25/h8-9,12-13,15-16H,2-7,10-11H2,1H3,(H,20,23). The Morgan fingerprint density at radius 2 is 2.12 bits per heavy atom. The molecule has 2 rings (SSSR count). The second-order valence-electron chi connectivity index (χ2n) is 6.68. The van der Waals surface area contributed by atoms with E-state index in [9.17, 15) is 19.7 Å². The fourth-order valence-corrected chi connectivity index (χ4v) is 3.23. The van der Waals surface area contributed by atoms with Crippen LogP contribution in [0.25, 0.3) is 0 Å². The number of aldehydes is 1. The van der Waals surface area contributed by atoms with Crippen molar-refractivity contribution >= 4 is 17.9 Å². The number of nitrogens with zero attached hydrogens (tertiary/aromatic N) is 1. The van der Waals surface area contributed by atoms with E-state index >= 15 is 0 Å². The quantitative estimate of drug-likeness (QED) is 0.409. The van der Waals surface area contributed by atoms with Crippen LogP contribution in [0.4, 0.5) is 5.69 Å². The summed E-state index contributed by atoms with van der Waals surface area (Å²) in [6.45, 7) is 1.94. The Labute approximate surface area is 153 Å². The lowest BCUT2D eigenvalue weighted by Crippen LogP contribution is -2.36. The van der Waals surface area contributed by atoms with Crippen LogP contribution in [-0.2, 0) is 4.79 Å². The molecule has 0 heterocycles. The van der Waals surface area contributed by atoms with Gasteiger partial charge in [-0.15, -0.1) is 0 Å². The van der Waals surface area contributed by atoms with Crippen LogP contribution in [0.15, 0.2) is 18.2 Å². The van der Waals surface area contributed by atoms with Crippen LogP contribution < -0.4 is 10.1 Å². The van der Waals surface area contributed by atoms with Crippen LogP contribution in [-0.4, -0.2) is 29.3 Å². The first-order valence-electron chi connectivity index (χ1n) is 9.23. The lowest BCUT2D eigenvalue weighted by molar-refractivity contribution is -0.385. The number of carbonyl (C=O) groups excluding carboxylic acids is 2. The maximum atomic E-state index is 12.1. The first kappa shape index (κ1) is 19.9. The molecule has 0 aromatic heterocycles. The minimum Gasteiger partial charge on any atom is -0.490 e. The monoisotopic (exact) mass is 362 g/mol. The second kappa shape index (κ2) is 9.89. The van der Waals surface area contributed by atoms with Gasteiger partial charge in [-0.05, 0) is 37.8 Å². The highest BCUT2D eigenvalue weighted by Crippen LogP contribution is 2.25. The Balaban J connectivity index is 1.88. The number of nitro benzene ring substituents is 1. The van der Waals surface area contributed by atoms with E-state index in [1.807, 2.05) is 6.92 Å². The summed E-state index contributed by atoms with van der Waals surface area (Å²) >= 11 is 0. The summed E-state index contributed by atoms with van der Waals surface area (Å²) in [6, 6.07) is 4.47. The van der Waals surface area contributed by atoms with E-state index in [0.717, 1.165) is 12.8 Å². The molecule has 7 heteroatoms. The number of hydrogen-bond donors (Lipinski definition) is 1. The Morgan fingerprint density at radius 3 is 2.73 bits per heavy atom. The van der Waals surface area contributed by atoms with E-state index in [-0.39, 0.29) is 29.3 Å². The highest BCUT2D eigenvalue weighted by molar-refractivity contribution is 5.81. The fourth-order valence-electron chi connectivity index (χ4n) is 3.23. The molecule has 1 aliphatic rings. The van der Waals surface area contributed by atoms with Crippen molar-refractivity contribution in [3.05, 3.63) is 33.9 Å². The van der Waals surface area contributed by atoms with E-state index in [1.54, 1.807) is 6.07 Å². The zero-order valence-corrected chi connectivity index (χ0v) is 15.1. The van der Waals surface area contributed by atoms with Gasteiger partial charge in [-0.25, -0.2) is 0 Å². The van der Waals surface area contributed by atoms with E-state index in [4.69, 9.17) is 4.74 Å². The summed E-state index contributed by atoms with van der Waals surface area (Å²) in [5.74, 6) is 0.364. The average molecular weight is 362 g/mol. The summed E-state index contributed by atoms with van der Waals surface area (Å²) in [7, 11) is 0. The predicted octanol–water partition coefficient (Wildman–Crippen LogP) is 3.79. The van der Waals surface area contributed by atoms with Gasteiger partial charge < -0.3 is 10.1 Å². The molecule has 1 fully saturated rings. The smallest absolute Gasteiger partial charge is 0.283 e. The van der Waals surface area contributed by atoms with Gasteiger partial charge in [0.25, 0.3) is 5.69 Å². The Morgan fingerprint density at radius 1 is 1.38 bits per heavy atom. The van der Waals surface area contributed by atoms with Crippen LogP contribution in [0, 0.1) is 10.1 Å². The number of ether oxygens (including phenoxy) is 1. The van der Waals surface area contributed by atoms with Crippen LogP contribution >= 0.6 is 0 Å². The number of hydrogen-bond acceptors (Lipinski definition) is 5. The van der Waals surface area contributed by atoms with Crippen molar-refractivity contribution in [3.63, 3.8) is 0 Å². The Kier molecular flexibility index (Phi) is 7.56. The summed E-state index contributed by atoms with van der Waals surface area (Å²) < 4.78 is 5.79. The third kappa shape index (κ3) is 5.82. The Bertz CT molecular complexity index is 641. The average Bonchev–Trinajstić information content (AvgIpc) is 2.65. The first-order chi connectivity index (χ1) is 12.5. The summed E-state index contributed by atoms with van der Waals surface area (Å²) in [5, 5.41) is 14.1. The molecule has 0 saturated heterocycles. The number of amides is 1. The molecule has 1 amide bonds. The highest BCUT2D eigenvalue weighted by Gasteiger charge is 2.19. The predicted molar refractivity (Wildman–Crippen MR) is 97.4 cm³/mol. The van der Waals surface area contributed by atoms with E-state index in [2.05, 4.69) is 5.32 Å². The molecule has 0 bridgehead atoms. The number of benzene rings is 1. The molecule has 26 heavy (non-hydrogen) atoms. The molecule has 7 nitrogen and oxygen atoms in total. The SMILES string of the molecule is CCC(CCC(=O)NC1CCCCC1)Oc1ccc(C=O)c([N+](=O)[O-])c1. The number of nitro groups is 1. The second-order valence-corrected chi connectivity index (χ2v) is 6.68. The normalized spacial score (nSPS) is 15.9. The topological polar surface area (TPSA) is 98.5 Å². The van der Waals surface area contributed by atoms with Crippen LogP contribution in [0.1, 0.15) is 68.6 Å². The van der Waals surface area contributed by atoms with Crippen molar-refractivity contribution < 1.29 is 19.2 Å². The van der Waals surface area contributed by atoms with E-state index < -0.39 is 4.92 Å². The van der Waals surface area contributed by atoms with Gasteiger partial charge in [-0.1, -0.05) is 26.2 Å². The van der Waals surface area contributed by atoms with Crippen molar-refractivity contribution in [2.24, 2.45) is 0 Å². The van der Waals surface area contributed by atoms with Gasteiger partial charge >= 0.3 is 0 Å². The lowest BCUT2D eigenvalue weighted by atomic mass is 9.95. The van der Waals surface area contributed by atoms with Crippen molar-refractivity contribution in [3.8, 4) is 5.75 Å². The van der Waals surface area contributed by atoms with Crippen LogP contribution in [0.5, 0.6) is 5.75 Å². The molecule has 0 aliphatic heterocycles. The number of carbonyl (C=O) groups is 2. The first-order valence-corrected chi connectivity index (χ1v) is 9.23. The zero-order chi connectivity index (χ0) is 18.9. The summed E-state index contributed by atoms with van der Waals surface area (Å²) in [4.78, 5) is 33.4. The van der Waals surface area contributed by atoms with Crippen molar-refractivity contribution in [1.82, 2.24) is 5.32 Å². The minimum absolute atomic E-state index is 0.0160. The molecule has 1 aliphatic carbocycles. The van der Waals surface area contributed by atoms with Crippen LogP contribution in [0.2, 0.25) is 0 Å². The fraction of sp³-hybridized carbons (Fsp3) is 0.579. The molecular formula is C19H26N2O5. The molecule has 142 valence electrons. The molecule has 1 saturated carbocycles. The van der Waals surface area contributed by atoms with Gasteiger partial charge in [-0.2, -0.15) is 0 Å². The molecule has 1 unspecified atom stereocenters. The van der Waals surface area contributed by atoms with Gasteiger partial charge in [0.1, 0.15) is 5.75 Å². The third-order valence-corrected chi connectivity index (χ3v) is 4.75. The molecule has 0 spiro atoms. The van der Waals surface area contributed by atoms with E-state index in [0.29, 0.717) is 31.3 Å². The maximum absolute atomic E-state index is 12.1. The largest absolute Gasteiger partial charge is 0.490 e. The lowest BCUT2D eigenvalue weighted by Gasteiger charge is -2.23. The summed E-state index contributed by atoms with van der Waals surface area (Å²) in [5.41, 5.74) is -0.260. The van der Waals surface area contributed by atoms with Crippen molar-refractivity contribution in [2.75, 3.05) is 0 Å². The van der Waals surface area contributed by atoms with Crippen molar-refractivity contribution in [1.29, 1.82) is 0 Å². The number of rotatable bonds is 9. The van der Waals surface area contributed by atoms with E-state index in [1.165, 1.54) is 31.4 Å². The third-order valence-electron chi connectivity index (χ3n) is 4.75. The van der Waals surface area contributed by atoms with Gasteiger partial charge in [0.15, 0.2) is 6.29 Å². The van der Waals surface area contributed by atoms with Crippen LogP contribution in [0.3, 0.4) is 0 Å². The van der Waals surface area contributed by atoms with Gasteiger partial charge in [0.05, 0.1) is 22.7 Å². The molecule has 1 N–H and O–H groups in total. The Hall–Kier alpha value is -2.44. The minimum atomic E-state index is -0.602. The highest BCUT2D eigenvalue weighted by atomic mass is 16.6. The number of nitrogens with one attached hydrogen (secondary N) is 1. The molecule has 0 radical (unpaired) electrons. The molecule has 1 aromatic rings. The van der Waals surface area contributed by atoms with Gasteiger partial charge in [0, 0.05) is 12.5 Å². The molecule has 1 atom stereocenters. The molecular weight excluding hydrogens is 336 g/mol. The van der Waals surface area contributed by atoms with Gasteiger partial charge in [-0.3, -0.25) is 19.7 Å². The zero-order valence-electron chi connectivity index (χ0n) is 15.1. The summed E-state index contributed by atoms with van der Waals surface area (Å²) in [6.07, 6.45) is 7.50. The molecule has 1 aromatic carbocycles. The maximum Gasteiger partial charge on any atom is 0.283 e. The van der Waals surface area contributed by atoms with Gasteiger partial charge in [0.2, 0.25) is 5.91 Å².